The number of hydrogen-bond acceptors (Lipinski definition) is 8. The Bertz CT molecular complexity index is 1380. The predicted molar refractivity (Wildman–Crippen MR) is 134 cm³/mol. The lowest BCUT2D eigenvalue weighted by Crippen LogP contribution is -2.21. The molecule has 1 aromatic carbocycles. The Labute approximate surface area is 204 Å². The number of esters is 1. The third kappa shape index (κ3) is 4.28. The van der Waals surface area contributed by atoms with E-state index in [2.05, 4.69) is 27.4 Å². The molecule has 1 aliphatic rings. The maximum atomic E-state index is 12.8. The minimum atomic E-state index is -0.392. The quantitative estimate of drug-likeness (QED) is 0.346. The molecule has 1 aliphatic carbocycles. The SMILES string of the molecule is CCOC(=O)c1c(NC(=O)COc2ncnc3scc(-c4ccc(C)cc4)c23)sc2c1CCC2. The topological polar surface area (TPSA) is 90.4 Å². The van der Waals surface area contributed by atoms with Gasteiger partial charge in [-0.15, -0.1) is 22.7 Å². The Kier molecular flexibility index (Phi) is 6.30. The largest absolute Gasteiger partial charge is 0.467 e. The lowest BCUT2D eigenvalue weighted by atomic mass is 10.0. The van der Waals surface area contributed by atoms with Gasteiger partial charge in [-0.1, -0.05) is 29.8 Å². The zero-order chi connectivity index (χ0) is 23.7. The molecule has 7 nitrogen and oxygen atoms in total. The highest BCUT2D eigenvalue weighted by atomic mass is 32.1. The molecule has 0 atom stereocenters. The van der Waals surface area contributed by atoms with Crippen LogP contribution in [0.4, 0.5) is 5.00 Å². The predicted octanol–water partition coefficient (Wildman–Crippen LogP) is 5.41. The Hall–Kier alpha value is -3.30. The van der Waals surface area contributed by atoms with Crippen molar-refractivity contribution in [2.75, 3.05) is 18.5 Å². The average molecular weight is 494 g/mol. The molecule has 9 heteroatoms. The summed E-state index contributed by atoms with van der Waals surface area (Å²) in [6, 6.07) is 8.20. The fraction of sp³-hybridized carbons (Fsp3) is 0.280. The molecule has 0 spiro atoms. The second kappa shape index (κ2) is 9.52. The lowest BCUT2D eigenvalue weighted by Gasteiger charge is -2.10. The molecule has 0 unspecified atom stereocenters. The summed E-state index contributed by atoms with van der Waals surface area (Å²) in [5.41, 5.74) is 4.66. The smallest absolute Gasteiger partial charge is 0.341 e. The first-order chi connectivity index (χ1) is 16.5. The van der Waals surface area contributed by atoms with Crippen molar-refractivity contribution in [2.45, 2.75) is 33.1 Å². The molecule has 174 valence electrons. The highest BCUT2D eigenvalue weighted by Gasteiger charge is 2.28. The molecule has 0 saturated heterocycles. The van der Waals surface area contributed by atoms with E-state index >= 15 is 0 Å². The molecule has 3 aromatic heterocycles. The van der Waals surface area contributed by atoms with Crippen molar-refractivity contribution in [3.63, 3.8) is 0 Å². The number of nitrogens with one attached hydrogen (secondary N) is 1. The first kappa shape index (κ1) is 22.5. The van der Waals surface area contributed by atoms with Crippen molar-refractivity contribution in [2.24, 2.45) is 0 Å². The second-order valence-corrected chi connectivity index (χ2v) is 9.96. The fourth-order valence-electron chi connectivity index (χ4n) is 4.11. The summed E-state index contributed by atoms with van der Waals surface area (Å²) < 4.78 is 11.1. The number of amides is 1. The number of fused-ring (bicyclic) bond motifs is 2. The van der Waals surface area contributed by atoms with Gasteiger partial charge in [-0.2, -0.15) is 0 Å². The Morgan fingerprint density at radius 2 is 1.97 bits per heavy atom. The summed E-state index contributed by atoms with van der Waals surface area (Å²) in [4.78, 5) is 35.9. The summed E-state index contributed by atoms with van der Waals surface area (Å²) in [5.74, 6) is -0.391. The van der Waals surface area contributed by atoms with E-state index in [-0.39, 0.29) is 19.1 Å². The van der Waals surface area contributed by atoms with Gasteiger partial charge in [-0.05, 0) is 44.2 Å². The van der Waals surface area contributed by atoms with Gasteiger partial charge in [0.05, 0.1) is 17.6 Å². The Balaban J connectivity index is 1.36. The van der Waals surface area contributed by atoms with Crippen LogP contribution in [0.3, 0.4) is 0 Å². The first-order valence-corrected chi connectivity index (χ1v) is 12.8. The molecule has 0 bridgehead atoms. The van der Waals surface area contributed by atoms with Crippen LogP contribution in [0.1, 0.15) is 39.7 Å². The van der Waals surface area contributed by atoms with Crippen LogP contribution in [0.2, 0.25) is 0 Å². The van der Waals surface area contributed by atoms with E-state index < -0.39 is 5.97 Å². The highest BCUT2D eigenvalue weighted by Crippen LogP contribution is 2.40. The van der Waals surface area contributed by atoms with Crippen molar-refractivity contribution in [3.8, 4) is 17.0 Å². The van der Waals surface area contributed by atoms with Crippen LogP contribution < -0.4 is 10.1 Å². The average Bonchev–Trinajstić information content (AvgIpc) is 3.53. The third-order valence-electron chi connectivity index (χ3n) is 5.69. The number of ether oxygens (including phenoxy) is 2. The molecule has 34 heavy (non-hydrogen) atoms. The number of carbonyl (C=O) groups excluding carboxylic acids is 2. The van der Waals surface area contributed by atoms with E-state index in [1.807, 2.05) is 24.4 Å². The number of aromatic nitrogens is 2. The van der Waals surface area contributed by atoms with Gasteiger partial charge >= 0.3 is 5.97 Å². The van der Waals surface area contributed by atoms with Crippen LogP contribution in [0, 0.1) is 6.92 Å². The van der Waals surface area contributed by atoms with Gasteiger partial charge in [0.15, 0.2) is 6.61 Å². The van der Waals surface area contributed by atoms with E-state index in [0.29, 0.717) is 16.4 Å². The standard InChI is InChI=1S/C25H23N3O4S2/c1-3-31-25(30)21-16-5-4-6-18(16)34-24(21)28-19(29)11-32-22-20-17(12-33-23(20)27-13-26-22)15-9-7-14(2)8-10-15/h7-10,12-13H,3-6,11H2,1-2H3,(H,28,29). The van der Waals surface area contributed by atoms with Gasteiger partial charge < -0.3 is 14.8 Å². The molecule has 0 saturated carbocycles. The lowest BCUT2D eigenvalue weighted by molar-refractivity contribution is -0.118. The van der Waals surface area contributed by atoms with Crippen LogP contribution in [0.15, 0.2) is 36.0 Å². The summed E-state index contributed by atoms with van der Waals surface area (Å²) in [6.07, 6.45) is 4.19. The summed E-state index contributed by atoms with van der Waals surface area (Å²) in [7, 11) is 0. The zero-order valence-corrected chi connectivity index (χ0v) is 20.5. The molecular weight excluding hydrogens is 470 g/mol. The van der Waals surface area contributed by atoms with Crippen molar-refractivity contribution in [1.29, 1.82) is 0 Å². The second-order valence-electron chi connectivity index (χ2n) is 7.99. The Morgan fingerprint density at radius 3 is 2.76 bits per heavy atom. The summed E-state index contributed by atoms with van der Waals surface area (Å²) >= 11 is 2.95. The highest BCUT2D eigenvalue weighted by molar-refractivity contribution is 7.17. The molecule has 5 rings (SSSR count). The van der Waals surface area contributed by atoms with Crippen molar-refractivity contribution < 1.29 is 19.1 Å². The molecule has 0 fully saturated rings. The number of anilines is 1. The van der Waals surface area contributed by atoms with E-state index in [9.17, 15) is 9.59 Å². The number of rotatable bonds is 7. The third-order valence-corrected chi connectivity index (χ3v) is 7.79. The molecule has 3 heterocycles. The van der Waals surface area contributed by atoms with E-state index in [1.165, 1.54) is 34.6 Å². The maximum Gasteiger partial charge on any atom is 0.341 e. The van der Waals surface area contributed by atoms with Crippen LogP contribution in [0.5, 0.6) is 5.88 Å². The summed E-state index contributed by atoms with van der Waals surface area (Å²) in [5, 5.41) is 6.19. The van der Waals surface area contributed by atoms with Gasteiger partial charge in [0.25, 0.3) is 5.91 Å². The van der Waals surface area contributed by atoms with Crippen molar-refractivity contribution in [3.05, 3.63) is 57.5 Å². The van der Waals surface area contributed by atoms with Crippen LogP contribution in [0.25, 0.3) is 21.3 Å². The molecule has 4 aromatic rings. The first-order valence-electron chi connectivity index (χ1n) is 11.1. The minimum Gasteiger partial charge on any atom is -0.467 e. The van der Waals surface area contributed by atoms with Gasteiger partial charge in [-0.25, -0.2) is 14.8 Å². The number of benzene rings is 1. The molecule has 1 N–H and O–H groups in total. The van der Waals surface area contributed by atoms with Gasteiger partial charge in [0, 0.05) is 15.8 Å². The minimum absolute atomic E-state index is 0.236. The summed E-state index contributed by atoms with van der Waals surface area (Å²) in [6.45, 7) is 3.86. The molecule has 0 radical (unpaired) electrons. The van der Waals surface area contributed by atoms with E-state index in [4.69, 9.17) is 9.47 Å². The van der Waals surface area contributed by atoms with Crippen LogP contribution in [-0.4, -0.2) is 35.1 Å². The molecule has 1 amide bonds. The number of hydrogen-bond donors (Lipinski definition) is 1. The van der Waals surface area contributed by atoms with Gasteiger partial charge in [-0.3, -0.25) is 4.79 Å². The van der Waals surface area contributed by atoms with Gasteiger partial charge in [0.2, 0.25) is 5.88 Å². The normalized spacial score (nSPS) is 12.5. The van der Waals surface area contributed by atoms with Crippen LogP contribution in [-0.2, 0) is 22.4 Å². The number of nitrogens with zero attached hydrogens (tertiary/aromatic N) is 2. The fourth-order valence-corrected chi connectivity index (χ4v) is 6.31. The maximum absolute atomic E-state index is 12.8. The monoisotopic (exact) mass is 493 g/mol. The zero-order valence-electron chi connectivity index (χ0n) is 18.8. The molecule has 0 aliphatic heterocycles. The van der Waals surface area contributed by atoms with Crippen molar-refractivity contribution in [1.82, 2.24) is 9.97 Å². The van der Waals surface area contributed by atoms with Gasteiger partial charge in [0.1, 0.15) is 16.2 Å². The van der Waals surface area contributed by atoms with Crippen molar-refractivity contribution >= 4 is 49.8 Å². The van der Waals surface area contributed by atoms with Crippen LogP contribution >= 0.6 is 22.7 Å². The molecular formula is C25H23N3O4S2. The number of aryl methyl sites for hydroxylation is 2. The Morgan fingerprint density at radius 1 is 1.15 bits per heavy atom. The number of thiophene rings is 2. The van der Waals surface area contributed by atoms with E-state index in [1.54, 1.807) is 6.92 Å². The van der Waals surface area contributed by atoms with E-state index in [0.717, 1.165) is 51.0 Å². The number of carbonyl (C=O) groups is 2.